The largest absolute Gasteiger partial charge is 0.388 e. The molecular formula is C14H21N3O. The highest BCUT2D eigenvalue weighted by molar-refractivity contribution is 5.94. The summed E-state index contributed by atoms with van der Waals surface area (Å²) in [5, 5.41) is 6.08. The highest BCUT2D eigenvalue weighted by Crippen LogP contribution is 2.29. The minimum absolute atomic E-state index is 0.000738. The van der Waals surface area contributed by atoms with Crippen LogP contribution in [0.1, 0.15) is 25.8 Å². The van der Waals surface area contributed by atoms with Crippen LogP contribution in [-0.4, -0.2) is 25.7 Å². The van der Waals surface area contributed by atoms with E-state index in [-0.39, 0.29) is 12.1 Å². The van der Waals surface area contributed by atoms with Crippen molar-refractivity contribution in [3.63, 3.8) is 0 Å². The first-order valence-electron chi connectivity index (χ1n) is 6.50. The monoisotopic (exact) mass is 247 g/mol. The normalized spacial score (nSPS) is 14.3. The molecule has 18 heavy (non-hydrogen) atoms. The van der Waals surface area contributed by atoms with Gasteiger partial charge in [-0.3, -0.25) is 4.90 Å². The highest BCUT2D eigenvalue weighted by atomic mass is 16.2. The van der Waals surface area contributed by atoms with E-state index < -0.39 is 0 Å². The molecule has 0 radical (unpaired) electrons. The minimum atomic E-state index is -0.000738. The number of urea groups is 1. The number of aryl methyl sites for hydroxylation is 1. The number of hydrogen-bond donors (Lipinski definition) is 2. The van der Waals surface area contributed by atoms with Gasteiger partial charge in [0.05, 0.1) is 5.69 Å². The van der Waals surface area contributed by atoms with Gasteiger partial charge in [-0.25, -0.2) is 4.79 Å². The third kappa shape index (κ3) is 2.58. The zero-order valence-corrected chi connectivity index (χ0v) is 11.3. The fourth-order valence-corrected chi connectivity index (χ4v) is 2.27. The standard InChI is InChI=1S/C14H21N3O/c1-10(2)16-14(18)17-8-4-5-11-6-7-12(15-3)9-13(11)17/h6-7,9-10,15H,4-5,8H2,1-3H3,(H,16,18). The van der Waals surface area contributed by atoms with Gasteiger partial charge in [0.1, 0.15) is 0 Å². The van der Waals surface area contributed by atoms with Crippen LogP contribution in [0.4, 0.5) is 16.2 Å². The zero-order chi connectivity index (χ0) is 13.1. The van der Waals surface area contributed by atoms with Crippen LogP contribution in [0.3, 0.4) is 0 Å². The van der Waals surface area contributed by atoms with Crippen molar-refractivity contribution in [2.75, 3.05) is 23.8 Å². The molecule has 2 amide bonds. The van der Waals surface area contributed by atoms with Crippen molar-refractivity contribution in [2.24, 2.45) is 0 Å². The lowest BCUT2D eigenvalue weighted by molar-refractivity contribution is 0.243. The van der Waals surface area contributed by atoms with Gasteiger partial charge in [0.2, 0.25) is 0 Å². The molecule has 0 fully saturated rings. The van der Waals surface area contributed by atoms with Crippen molar-refractivity contribution in [2.45, 2.75) is 32.7 Å². The number of carbonyl (C=O) groups excluding carboxylic acids is 1. The lowest BCUT2D eigenvalue weighted by Crippen LogP contribution is -2.45. The second kappa shape index (κ2) is 5.29. The number of nitrogens with zero attached hydrogens (tertiary/aromatic N) is 1. The van der Waals surface area contributed by atoms with Crippen molar-refractivity contribution in [3.8, 4) is 0 Å². The number of fused-ring (bicyclic) bond motifs is 1. The van der Waals surface area contributed by atoms with E-state index in [1.807, 2.05) is 25.8 Å². The lowest BCUT2D eigenvalue weighted by atomic mass is 10.0. The van der Waals surface area contributed by atoms with Gasteiger partial charge in [0.25, 0.3) is 0 Å². The average molecular weight is 247 g/mol. The maximum absolute atomic E-state index is 12.2. The highest BCUT2D eigenvalue weighted by Gasteiger charge is 2.22. The molecule has 1 heterocycles. The van der Waals surface area contributed by atoms with Crippen molar-refractivity contribution < 1.29 is 4.79 Å². The Morgan fingerprint density at radius 1 is 1.39 bits per heavy atom. The molecule has 1 aliphatic rings. The summed E-state index contributed by atoms with van der Waals surface area (Å²) >= 11 is 0. The molecule has 1 aromatic carbocycles. The number of anilines is 2. The zero-order valence-electron chi connectivity index (χ0n) is 11.3. The predicted molar refractivity (Wildman–Crippen MR) is 75.3 cm³/mol. The summed E-state index contributed by atoms with van der Waals surface area (Å²) in [5.41, 5.74) is 3.32. The van der Waals surface area contributed by atoms with E-state index in [4.69, 9.17) is 0 Å². The van der Waals surface area contributed by atoms with Crippen LogP contribution in [0.2, 0.25) is 0 Å². The Kier molecular flexibility index (Phi) is 3.75. The molecule has 1 aliphatic heterocycles. The molecule has 4 heteroatoms. The van der Waals surface area contributed by atoms with Gasteiger partial charge in [-0.05, 0) is 44.4 Å². The van der Waals surface area contributed by atoms with E-state index in [0.29, 0.717) is 0 Å². The molecule has 0 atom stereocenters. The number of amides is 2. The Balaban J connectivity index is 2.28. The van der Waals surface area contributed by atoms with Crippen LogP contribution in [0.25, 0.3) is 0 Å². The molecule has 2 N–H and O–H groups in total. The SMILES string of the molecule is CNc1ccc2c(c1)N(C(=O)NC(C)C)CCC2. The maximum atomic E-state index is 12.2. The van der Waals surface area contributed by atoms with Crippen LogP contribution < -0.4 is 15.5 Å². The minimum Gasteiger partial charge on any atom is -0.388 e. The molecule has 98 valence electrons. The fourth-order valence-electron chi connectivity index (χ4n) is 2.27. The quantitative estimate of drug-likeness (QED) is 0.843. The molecule has 0 bridgehead atoms. The third-order valence-electron chi connectivity index (χ3n) is 3.15. The summed E-state index contributed by atoms with van der Waals surface area (Å²) in [6.45, 7) is 4.75. The van der Waals surface area contributed by atoms with Gasteiger partial charge in [-0.15, -0.1) is 0 Å². The molecule has 0 aliphatic carbocycles. The summed E-state index contributed by atoms with van der Waals surface area (Å²) < 4.78 is 0. The number of nitrogens with one attached hydrogen (secondary N) is 2. The number of carbonyl (C=O) groups is 1. The maximum Gasteiger partial charge on any atom is 0.322 e. The van der Waals surface area contributed by atoms with E-state index in [0.717, 1.165) is 30.8 Å². The molecule has 2 rings (SSSR count). The van der Waals surface area contributed by atoms with E-state index in [1.165, 1.54) is 5.56 Å². The van der Waals surface area contributed by atoms with E-state index in [1.54, 1.807) is 0 Å². The first kappa shape index (κ1) is 12.7. The van der Waals surface area contributed by atoms with Crippen LogP contribution in [0.15, 0.2) is 18.2 Å². The Morgan fingerprint density at radius 3 is 2.83 bits per heavy atom. The summed E-state index contributed by atoms with van der Waals surface area (Å²) in [4.78, 5) is 14.0. The van der Waals surface area contributed by atoms with Crippen molar-refractivity contribution >= 4 is 17.4 Å². The molecule has 0 saturated carbocycles. The predicted octanol–water partition coefficient (Wildman–Crippen LogP) is 2.60. The second-order valence-corrected chi connectivity index (χ2v) is 4.95. The molecular weight excluding hydrogens is 226 g/mol. The average Bonchev–Trinajstić information content (AvgIpc) is 2.36. The van der Waals surface area contributed by atoms with Gasteiger partial charge >= 0.3 is 6.03 Å². The van der Waals surface area contributed by atoms with Crippen LogP contribution in [0, 0.1) is 0 Å². The third-order valence-corrected chi connectivity index (χ3v) is 3.15. The van der Waals surface area contributed by atoms with Crippen LogP contribution in [0.5, 0.6) is 0 Å². The van der Waals surface area contributed by atoms with Gasteiger partial charge in [-0.1, -0.05) is 6.07 Å². The Morgan fingerprint density at radius 2 is 2.17 bits per heavy atom. The topological polar surface area (TPSA) is 44.4 Å². The summed E-state index contributed by atoms with van der Waals surface area (Å²) in [5.74, 6) is 0. The van der Waals surface area contributed by atoms with E-state index in [2.05, 4.69) is 28.8 Å². The van der Waals surface area contributed by atoms with E-state index in [9.17, 15) is 4.79 Å². The first-order valence-corrected chi connectivity index (χ1v) is 6.50. The van der Waals surface area contributed by atoms with Gasteiger partial charge in [0, 0.05) is 25.3 Å². The van der Waals surface area contributed by atoms with Gasteiger partial charge in [-0.2, -0.15) is 0 Å². The number of rotatable bonds is 2. The molecule has 0 saturated heterocycles. The molecule has 0 unspecified atom stereocenters. The van der Waals surface area contributed by atoms with Crippen molar-refractivity contribution in [1.82, 2.24) is 5.32 Å². The fraction of sp³-hybridized carbons (Fsp3) is 0.500. The molecule has 4 nitrogen and oxygen atoms in total. The number of hydrogen-bond acceptors (Lipinski definition) is 2. The van der Waals surface area contributed by atoms with Crippen molar-refractivity contribution in [1.29, 1.82) is 0 Å². The second-order valence-electron chi connectivity index (χ2n) is 4.95. The van der Waals surface area contributed by atoms with Gasteiger partial charge in [0.15, 0.2) is 0 Å². The molecule has 1 aromatic rings. The summed E-state index contributed by atoms with van der Waals surface area (Å²) in [6, 6.07) is 6.38. The molecule has 0 aromatic heterocycles. The Labute approximate surface area is 108 Å². The van der Waals surface area contributed by atoms with Crippen LogP contribution >= 0.6 is 0 Å². The van der Waals surface area contributed by atoms with Gasteiger partial charge < -0.3 is 10.6 Å². The number of benzene rings is 1. The summed E-state index contributed by atoms with van der Waals surface area (Å²) in [6.07, 6.45) is 2.07. The van der Waals surface area contributed by atoms with Crippen molar-refractivity contribution in [3.05, 3.63) is 23.8 Å². The van der Waals surface area contributed by atoms with Crippen LogP contribution in [-0.2, 0) is 6.42 Å². The smallest absolute Gasteiger partial charge is 0.322 e. The van der Waals surface area contributed by atoms with E-state index >= 15 is 0 Å². The lowest BCUT2D eigenvalue weighted by Gasteiger charge is -2.30. The Bertz CT molecular complexity index is 443. The molecule has 0 spiro atoms. The first-order chi connectivity index (χ1) is 8.61. The Hall–Kier alpha value is -1.71. The summed E-state index contributed by atoms with van der Waals surface area (Å²) in [7, 11) is 1.89.